The van der Waals surface area contributed by atoms with E-state index in [1.54, 1.807) is 6.92 Å². The molecule has 51 heavy (non-hydrogen) atoms. The third kappa shape index (κ3) is 18.3. The van der Waals surface area contributed by atoms with E-state index in [2.05, 4.69) is 22.5 Å². The minimum atomic E-state index is -1.02. The number of aliphatic hydroxyl groups is 2. The lowest BCUT2D eigenvalue weighted by Crippen LogP contribution is -2.55. The van der Waals surface area contributed by atoms with Gasteiger partial charge in [-0.15, -0.1) is 0 Å². The lowest BCUT2D eigenvalue weighted by molar-refractivity contribution is -0.158. The molecule has 296 valence electrons. The summed E-state index contributed by atoms with van der Waals surface area (Å²) in [6.45, 7) is 16.2. The Morgan fingerprint density at radius 2 is 1.75 bits per heavy atom. The molecular formula is C39H71N3O9. The molecule has 0 bridgehead atoms. The molecule has 4 aliphatic heterocycles. The number of carbonyl (C=O) groups excluding carboxylic acids is 1. The van der Waals surface area contributed by atoms with Crippen molar-refractivity contribution in [1.82, 2.24) is 15.5 Å². The van der Waals surface area contributed by atoms with E-state index in [4.69, 9.17) is 29.2 Å². The predicted octanol–water partition coefficient (Wildman–Crippen LogP) is 5.04. The van der Waals surface area contributed by atoms with E-state index in [1.165, 1.54) is 6.42 Å². The zero-order chi connectivity index (χ0) is 37.9. The molecule has 4 heterocycles. The molecule has 4 fully saturated rings. The topological polar surface area (TPSA) is 159 Å². The number of carboxylic acid groups (broad SMARTS) is 1. The highest BCUT2D eigenvalue weighted by atomic mass is 16.5. The number of hydrogen-bond acceptors (Lipinski definition) is 9. The van der Waals surface area contributed by atoms with Crippen LogP contribution >= 0.6 is 0 Å². The predicted molar refractivity (Wildman–Crippen MR) is 201 cm³/mol. The maximum atomic E-state index is 13.2. The number of carbonyl (C=O) groups is 2. The van der Waals surface area contributed by atoms with Gasteiger partial charge in [0, 0.05) is 78.0 Å². The van der Waals surface area contributed by atoms with Crippen LogP contribution in [0.15, 0.2) is 30.3 Å². The number of nitrogens with zero attached hydrogens (tertiary/aromatic N) is 1. The van der Waals surface area contributed by atoms with Crippen LogP contribution < -0.4 is 10.6 Å². The summed E-state index contributed by atoms with van der Waals surface area (Å²) in [5, 5.41) is 30.0. The molecule has 12 nitrogen and oxygen atoms in total. The van der Waals surface area contributed by atoms with E-state index in [9.17, 15) is 14.7 Å². The summed E-state index contributed by atoms with van der Waals surface area (Å²) in [4.78, 5) is 27.1. The Kier molecular flexibility index (Phi) is 25.8. The summed E-state index contributed by atoms with van der Waals surface area (Å²) < 4.78 is 22.6. The zero-order valence-electron chi connectivity index (χ0n) is 32.4. The van der Waals surface area contributed by atoms with Crippen molar-refractivity contribution in [2.75, 3.05) is 66.5 Å². The molecule has 4 saturated heterocycles. The standard InChI is InChI=1S/C29H45N3O6.C5H10O.C2H6O.C2H6.CH4O/c1-2-36-16-6-9-23-20-26(27(33)30-23)32(25-10-12-29(38-21-25)13-17-37-18-14-29)15-11-24(31-28(34)35)19-22-7-4-3-5-8-22;1-5-2-3-6-4-5;1-2-3;2*1-2/h3-5,7-8,23-26,31H,2,6,9-21H2,1H3,(H,30,33)(H,34,35);5H,2-4H2,1H3;3H,2H2,1H3;1-2H3;2H,1H3/t23-,24?,25?,26?;;;;/m1..../s1. The zero-order valence-corrected chi connectivity index (χ0v) is 32.4. The quantitative estimate of drug-likeness (QED) is 0.175. The van der Waals surface area contributed by atoms with Crippen molar-refractivity contribution in [3.8, 4) is 0 Å². The van der Waals surface area contributed by atoms with Crippen molar-refractivity contribution >= 4 is 12.0 Å². The second-order valence-corrected chi connectivity index (χ2v) is 13.2. The van der Waals surface area contributed by atoms with Crippen LogP contribution in [-0.2, 0) is 30.2 Å². The summed E-state index contributed by atoms with van der Waals surface area (Å²) in [5.74, 6) is 0.897. The van der Waals surface area contributed by atoms with Crippen LogP contribution in [0.1, 0.15) is 98.0 Å². The van der Waals surface area contributed by atoms with Crippen LogP contribution in [0.25, 0.3) is 0 Å². The maximum Gasteiger partial charge on any atom is 0.404 e. The average Bonchev–Trinajstić information content (AvgIpc) is 3.78. The van der Waals surface area contributed by atoms with Gasteiger partial charge in [-0.1, -0.05) is 51.1 Å². The fourth-order valence-electron chi connectivity index (χ4n) is 6.89. The van der Waals surface area contributed by atoms with Gasteiger partial charge in [0.15, 0.2) is 0 Å². The lowest BCUT2D eigenvalue weighted by Gasteiger charge is -2.46. The van der Waals surface area contributed by atoms with Gasteiger partial charge in [-0.25, -0.2) is 4.79 Å². The molecule has 5 atom stereocenters. The Morgan fingerprint density at radius 3 is 2.27 bits per heavy atom. The van der Waals surface area contributed by atoms with E-state index in [0.29, 0.717) is 39.2 Å². The van der Waals surface area contributed by atoms with Gasteiger partial charge in [0.25, 0.3) is 0 Å². The third-order valence-corrected chi connectivity index (χ3v) is 9.54. The smallest absolute Gasteiger partial charge is 0.404 e. The van der Waals surface area contributed by atoms with Crippen LogP contribution in [0.5, 0.6) is 0 Å². The summed E-state index contributed by atoms with van der Waals surface area (Å²) in [6, 6.07) is 9.74. The molecule has 1 aromatic carbocycles. The number of rotatable bonds is 13. The third-order valence-electron chi connectivity index (χ3n) is 9.54. The van der Waals surface area contributed by atoms with E-state index < -0.39 is 6.09 Å². The first-order valence-electron chi connectivity index (χ1n) is 19.3. The fraction of sp³-hybridized carbons (Fsp3) is 0.795. The van der Waals surface area contributed by atoms with E-state index in [-0.39, 0.29) is 42.3 Å². The molecule has 4 unspecified atom stereocenters. The van der Waals surface area contributed by atoms with Gasteiger partial charge in [0.1, 0.15) is 0 Å². The number of amides is 2. The Balaban J connectivity index is 0.000000859. The number of hydrogen-bond donors (Lipinski definition) is 5. The highest BCUT2D eigenvalue weighted by Crippen LogP contribution is 2.36. The van der Waals surface area contributed by atoms with Crippen LogP contribution in [-0.4, -0.2) is 128 Å². The molecule has 0 saturated carbocycles. The van der Waals surface area contributed by atoms with Crippen molar-refractivity contribution in [1.29, 1.82) is 0 Å². The molecular weight excluding hydrogens is 654 g/mol. The first kappa shape index (κ1) is 46.7. The van der Waals surface area contributed by atoms with Gasteiger partial charge in [0.2, 0.25) is 5.91 Å². The average molecular weight is 726 g/mol. The number of ether oxygens (including phenoxy) is 4. The summed E-state index contributed by atoms with van der Waals surface area (Å²) >= 11 is 0. The van der Waals surface area contributed by atoms with Crippen LogP contribution in [0.3, 0.4) is 0 Å². The maximum absolute atomic E-state index is 13.2. The summed E-state index contributed by atoms with van der Waals surface area (Å²) in [5.41, 5.74) is 0.995. The van der Waals surface area contributed by atoms with Gasteiger partial charge in [-0.2, -0.15) is 0 Å². The lowest BCUT2D eigenvalue weighted by atomic mass is 9.84. The second kappa shape index (κ2) is 28.2. The molecule has 5 N–H and O–H groups in total. The van der Waals surface area contributed by atoms with Crippen molar-refractivity contribution in [3.05, 3.63) is 35.9 Å². The Hall–Kier alpha value is -2.32. The molecule has 5 rings (SSSR count). The van der Waals surface area contributed by atoms with Gasteiger partial charge in [0.05, 0.1) is 18.2 Å². The first-order valence-corrected chi connectivity index (χ1v) is 19.3. The second-order valence-electron chi connectivity index (χ2n) is 13.2. The molecule has 2 amide bonds. The molecule has 0 radical (unpaired) electrons. The van der Waals surface area contributed by atoms with Gasteiger partial charge >= 0.3 is 6.09 Å². The first-order chi connectivity index (χ1) is 24.8. The van der Waals surface area contributed by atoms with Crippen molar-refractivity contribution in [3.63, 3.8) is 0 Å². The summed E-state index contributed by atoms with van der Waals surface area (Å²) in [6.07, 6.45) is 7.84. The Labute approximate surface area is 307 Å². The van der Waals surface area contributed by atoms with Gasteiger partial charge in [-0.3, -0.25) is 9.69 Å². The molecule has 4 aliphatic rings. The minimum Gasteiger partial charge on any atom is -0.465 e. The normalized spacial score (nSPS) is 23.9. The van der Waals surface area contributed by atoms with Crippen LogP contribution in [0.4, 0.5) is 4.79 Å². The molecule has 1 aromatic rings. The van der Waals surface area contributed by atoms with Gasteiger partial charge < -0.3 is 44.9 Å². The number of nitrogens with one attached hydrogen (secondary N) is 2. The SMILES string of the molecule is CC.CC1CCOC1.CCO.CCOCCC[C@@H]1CC(N(CCC(Cc2ccccc2)NC(=O)O)C2CCC3(CCOCC3)OC2)C(=O)N1.CO. The number of aliphatic hydroxyl groups excluding tert-OH is 2. The van der Waals surface area contributed by atoms with Crippen molar-refractivity contribution < 1.29 is 43.9 Å². The fourth-order valence-corrected chi connectivity index (χ4v) is 6.89. The van der Waals surface area contributed by atoms with E-state index in [0.717, 1.165) is 90.0 Å². The van der Waals surface area contributed by atoms with Crippen molar-refractivity contribution in [2.24, 2.45) is 5.92 Å². The molecule has 1 spiro atoms. The monoisotopic (exact) mass is 726 g/mol. The van der Waals surface area contributed by atoms with E-state index in [1.807, 2.05) is 51.1 Å². The van der Waals surface area contributed by atoms with Crippen LogP contribution in [0, 0.1) is 5.92 Å². The molecule has 12 heteroatoms. The minimum absolute atomic E-state index is 0.0727. The Bertz CT molecular complexity index is 997. The highest BCUT2D eigenvalue weighted by Gasteiger charge is 2.44. The van der Waals surface area contributed by atoms with E-state index >= 15 is 0 Å². The molecule has 0 aliphatic carbocycles. The molecule has 0 aromatic heterocycles. The largest absolute Gasteiger partial charge is 0.465 e. The van der Waals surface area contributed by atoms with Crippen molar-refractivity contribution in [2.45, 2.75) is 129 Å². The Morgan fingerprint density at radius 1 is 1.06 bits per heavy atom. The number of benzene rings is 1. The summed E-state index contributed by atoms with van der Waals surface area (Å²) in [7, 11) is 1.00. The van der Waals surface area contributed by atoms with Gasteiger partial charge in [-0.05, 0) is 89.5 Å². The van der Waals surface area contributed by atoms with Crippen LogP contribution in [0.2, 0.25) is 0 Å². The highest BCUT2D eigenvalue weighted by molar-refractivity contribution is 5.84.